The van der Waals surface area contributed by atoms with E-state index < -0.39 is 0 Å². The predicted octanol–water partition coefficient (Wildman–Crippen LogP) is 3.70. The van der Waals surface area contributed by atoms with Crippen molar-refractivity contribution in [3.63, 3.8) is 0 Å². The molecule has 0 N–H and O–H groups in total. The van der Waals surface area contributed by atoms with Crippen molar-refractivity contribution in [3.05, 3.63) is 48.6 Å². The number of hydrogen-bond donors (Lipinski definition) is 0. The summed E-state index contributed by atoms with van der Waals surface area (Å²) in [6.07, 6.45) is 8.74. The Kier molecular flexibility index (Phi) is 4.60. The zero-order valence-corrected chi connectivity index (χ0v) is 15.4. The summed E-state index contributed by atoms with van der Waals surface area (Å²) < 4.78 is 0. The van der Waals surface area contributed by atoms with Crippen molar-refractivity contribution in [3.8, 4) is 0 Å². The van der Waals surface area contributed by atoms with Gasteiger partial charge in [0.05, 0.1) is 11.5 Å². The van der Waals surface area contributed by atoms with Crippen LogP contribution < -0.4 is 0 Å². The van der Waals surface area contributed by atoms with Gasteiger partial charge < -0.3 is 9.80 Å². The summed E-state index contributed by atoms with van der Waals surface area (Å²) in [6.45, 7) is 5.01. The lowest BCUT2D eigenvalue weighted by Gasteiger charge is -2.61. The van der Waals surface area contributed by atoms with Crippen LogP contribution in [0.4, 0.5) is 0 Å². The second-order valence-electron chi connectivity index (χ2n) is 8.00. The van der Waals surface area contributed by atoms with Gasteiger partial charge in [-0.15, -0.1) is 0 Å². The highest BCUT2D eigenvalue weighted by atomic mass is 16.2. The van der Waals surface area contributed by atoms with Gasteiger partial charge >= 0.3 is 0 Å². The van der Waals surface area contributed by atoms with Crippen molar-refractivity contribution < 1.29 is 9.59 Å². The highest BCUT2D eigenvalue weighted by Gasteiger charge is 2.62. The fraction of sp³-hybridized carbons (Fsp3) is 0.545. The highest BCUT2D eigenvalue weighted by molar-refractivity contribution is 5.91. The molecule has 4 heteroatoms. The van der Waals surface area contributed by atoms with Crippen molar-refractivity contribution in [2.24, 2.45) is 5.41 Å². The summed E-state index contributed by atoms with van der Waals surface area (Å²) in [4.78, 5) is 29.2. The molecule has 4 rings (SSSR count). The Morgan fingerprint density at radius 3 is 2.35 bits per heavy atom. The number of hydrogen-bond acceptors (Lipinski definition) is 2. The van der Waals surface area contributed by atoms with Gasteiger partial charge in [0.25, 0.3) is 0 Å². The van der Waals surface area contributed by atoms with E-state index in [1.54, 1.807) is 0 Å². The molecular formula is C22H28N2O2. The largest absolute Gasteiger partial charge is 0.339 e. The third-order valence-electron chi connectivity index (χ3n) is 6.67. The van der Waals surface area contributed by atoms with E-state index in [2.05, 4.69) is 35.7 Å². The van der Waals surface area contributed by atoms with Crippen molar-refractivity contribution >= 4 is 11.8 Å². The number of carbonyl (C=O) groups excluding carboxylic acids is 2. The second-order valence-corrected chi connectivity index (χ2v) is 8.00. The van der Waals surface area contributed by atoms with Crippen LogP contribution in [0.3, 0.4) is 0 Å². The van der Waals surface area contributed by atoms with Crippen LogP contribution in [-0.2, 0) is 9.59 Å². The van der Waals surface area contributed by atoms with E-state index in [1.165, 1.54) is 18.1 Å². The molecular weight excluding hydrogens is 324 g/mol. The number of likely N-dealkylation sites (tertiary alicyclic amines) is 2. The minimum atomic E-state index is -0.173. The lowest BCUT2D eigenvalue weighted by atomic mass is 9.59. The van der Waals surface area contributed by atoms with Crippen LogP contribution in [0, 0.1) is 5.41 Å². The monoisotopic (exact) mass is 352 g/mol. The number of β-lactam (4-membered cyclic amide) rings is 1. The number of nitrogens with zero attached hydrogens (tertiary/aromatic N) is 2. The van der Waals surface area contributed by atoms with Gasteiger partial charge in [-0.25, -0.2) is 0 Å². The number of rotatable bonds is 3. The summed E-state index contributed by atoms with van der Waals surface area (Å²) in [5, 5.41) is 0. The molecule has 2 amide bonds. The molecule has 1 aromatic rings. The van der Waals surface area contributed by atoms with E-state index in [9.17, 15) is 9.59 Å². The third-order valence-corrected chi connectivity index (χ3v) is 6.67. The van der Waals surface area contributed by atoms with E-state index in [0.717, 1.165) is 38.5 Å². The number of benzene rings is 1. The Bertz CT molecular complexity index is 685. The number of piperidine rings is 1. The molecule has 1 unspecified atom stereocenters. The predicted molar refractivity (Wildman–Crippen MR) is 101 cm³/mol. The Morgan fingerprint density at radius 1 is 1.08 bits per heavy atom. The van der Waals surface area contributed by atoms with Crippen LogP contribution in [0.5, 0.6) is 0 Å². The zero-order valence-electron chi connectivity index (χ0n) is 15.4. The van der Waals surface area contributed by atoms with Crippen LogP contribution in [0.1, 0.15) is 56.6 Å². The minimum absolute atomic E-state index is 0.00162. The lowest BCUT2D eigenvalue weighted by molar-refractivity contribution is -0.186. The summed E-state index contributed by atoms with van der Waals surface area (Å²) in [6, 6.07) is 11.0. The SMILES string of the molecule is C=CC(=O)N1CCC(N2C(=O)C3(CCCCC3)C2c2ccccc2)CC1. The van der Waals surface area contributed by atoms with Crippen molar-refractivity contribution in [1.29, 1.82) is 0 Å². The van der Waals surface area contributed by atoms with Crippen LogP contribution in [0.15, 0.2) is 43.0 Å². The molecule has 0 radical (unpaired) electrons. The quantitative estimate of drug-likeness (QED) is 0.615. The van der Waals surface area contributed by atoms with Crippen LogP contribution in [0.25, 0.3) is 0 Å². The van der Waals surface area contributed by atoms with Gasteiger partial charge in [-0.2, -0.15) is 0 Å². The van der Waals surface area contributed by atoms with Gasteiger partial charge in [-0.1, -0.05) is 56.2 Å². The molecule has 2 aliphatic heterocycles. The van der Waals surface area contributed by atoms with Crippen LogP contribution >= 0.6 is 0 Å². The van der Waals surface area contributed by atoms with Crippen LogP contribution in [0.2, 0.25) is 0 Å². The fourth-order valence-corrected chi connectivity index (χ4v) is 5.35. The third kappa shape index (κ3) is 2.67. The topological polar surface area (TPSA) is 40.6 Å². The van der Waals surface area contributed by atoms with Gasteiger partial charge in [-0.05, 0) is 37.3 Å². The van der Waals surface area contributed by atoms with Gasteiger partial charge in [0.15, 0.2) is 0 Å². The smallest absolute Gasteiger partial charge is 0.245 e. The summed E-state index contributed by atoms with van der Waals surface area (Å²) >= 11 is 0. The summed E-state index contributed by atoms with van der Waals surface area (Å²) in [5.41, 5.74) is 1.10. The maximum Gasteiger partial charge on any atom is 0.245 e. The molecule has 1 aliphatic carbocycles. The van der Waals surface area contributed by atoms with E-state index in [1.807, 2.05) is 11.0 Å². The van der Waals surface area contributed by atoms with Crippen molar-refractivity contribution in [2.45, 2.75) is 57.0 Å². The Labute approximate surface area is 155 Å². The molecule has 1 saturated carbocycles. The number of amides is 2. The minimum Gasteiger partial charge on any atom is -0.339 e. The normalized spacial score (nSPS) is 25.8. The number of carbonyl (C=O) groups is 2. The average Bonchev–Trinajstić information content (AvgIpc) is 2.72. The highest BCUT2D eigenvalue weighted by Crippen LogP contribution is 2.59. The lowest BCUT2D eigenvalue weighted by Crippen LogP contribution is -2.67. The Balaban J connectivity index is 1.56. The standard InChI is InChI=1S/C22H28N2O2/c1-2-19(25)23-15-11-18(12-16-23)24-20(17-9-5-3-6-10-17)22(21(24)26)13-7-4-8-14-22/h2-3,5-6,9-10,18,20H,1,4,7-8,11-16H2. The molecule has 1 spiro atoms. The molecule has 4 nitrogen and oxygen atoms in total. The molecule has 1 atom stereocenters. The Hall–Kier alpha value is -2.10. The first-order valence-electron chi connectivity index (χ1n) is 9.96. The first-order valence-corrected chi connectivity index (χ1v) is 9.96. The molecule has 26 heavy (non-hydrogen) atoms. The van der Waals surface area contributed by atoms with E-state index in [0.29, 0.717) is 19.0 Å². The molecule has 0 bridgehead atoms. The molecule has 1 aromatic carbocycles. The summed E-state index contributed by atoms with van der Waals surface area (Å²) in [7, 11) is 0. The average molecular weight is 352 g/mol. The molecule has 3 fully saturated rings. The second kappa shape index (κ2) is 6.90. The Morgan fingerprint density at radius 2 is 1.73 bits per heavy atom. The van der Waals surface area contributed by atoms with Crippen molar-refractivity contribution in [2.75, 3.05) is 13.1 Å². The molecule has 0 aromatic heterocycles. The zero-order chi connectivity index (χ0) is 18.1. The molecule has 2 heterocycles. The first kappa shape index (κ1) is 17.3. The fourth-order valence-electron chi connectivity index (χ4n) is 5.35. The van der Waals surface area contributed by atoms with Gasteiger partial charge in [0.1, 0.15) is 0 Å². The molecule has 3 aliphatic rings. The maximum atomic E-state index is 13.3. The van der Waals surface area contributed by atoms with E-state index in [4.69, 9.17) is 0 Å². The van der Waals surface area contributed by atoms with E-state index in [-0.39, 0.29) is 23.4 Å². The van der Waals surface area contributed by atoms with Gasteiger partial charge in [0, 0.05) is 19.1 Å². The first-order chi connectivity index (χ1) is 12.7. The van der Waals surface area contributed by atoms with Gasteiger partial charge in [-0.3, -0.25) is 9.59 Å². The van der Waals surface area contributed by atoms with E-state index >= 15 is 0 Å². The van der Waals surface area contributed by atoms with Crippen LogP contribution in [-0.4, -0.2) is 40.7 Å². The summed E-state index contributed by atoms with van der Waals surface area (Å²) in [5.74, 6) is 0.362. The molecule has 138 valence electrons. The molecule has 2 saturated heterocycles. The van der Waals surface area contributed by atoms with Crippen molar-refractivity contribution in [1.82, 2.24) is 9.80 Å². The van der Waals surface area contributed by atoms with Gasteiger partial charge in [0.2, 0.25) is 11.8 Å². The maximum absolute atomic E-state index is 13.3.